The van der Waals surface area contributed by atoms with Crippen molar-refractivity contribution in [2.45, 2.75) is 12.5 Å². The quantitative estimate of drug-likeness (QED) is 0.680. The van der Waals surface area contributed by atoms with Crippen LogP contribution in [0.5, 0.6) is 5.75 Å². The van der Waals surface area contributed by atoms with E-state index in [1.807, 2.05) is 11.4 Å². The van der Waals surface area contributed by atoms with E-state index in [9.17, 15) is 4.79 Å². The second-order valence-corrected chi connectivity index (χ2v) is 7.75. The fraction of sp³-hybridized carbons (Fsp3) is 0.263. The first-order valence-corrected chi connectivity index (χ1v) is 9.88. The fourth-order valence-corrected chi connectivity index (χ4v) is 4.09. The van der Waals surface area contributed by atoms with E-state index in [1.165, 1.54) is 7.11 Å². The number of thiophene rings is 1. The van der Waals surface area contributed by atoms with Gasteiger partial charge in [-0.3, -0.25) is 9.89 Å². The molecule has 2 aromatic heterocycles. The second-order valence-electron chi connectivity index (χ2n) is 6.37. The maximum Gasteiger partial charge on any atom is 0.255 e. The number of carbonyl (C=O) groups excluding carboxylic acids is 1. The van der Waals surface area contributed by atoms with Crippen LogP contribution in [0.4, 0.5) is 5.82 Å². The molecule has 1 atom stereocenters. The molecule has 1 fully saturated rings. The first-order chi connectivity index (χ1) is 13.1. The molecule has 27 heavy (non-hydrogen) atoms. The third-order valence-electron chi connectivity index (χ3n) is 4.61. The number of aromatic amines is 1. The SMILES string of the molecule is COc1cc(Cl)ccc1C(=O)N[C@H]1CCN(c2cc(-c3cccs3)[nH]n2)C1. The number of nitrogens with one attached hydrogen (secondary N) is 2. The smallest absolute Gasteiger partial charge is 0.255 e. The van der Waals surface area contributed by atoms with E-state index in [0.717, 1.165) is 35.9 Å². The number of ether oxygens (including phenoxy) is 1. The van der Waals surface area contributed by atoms with E-state index < -0.39 is 0 Å². The minimum atomic E-state index is -0.156. The van der Waals surface area contributed by atoms with Gasteiger partial charge in [-0.05, 0) is 36.1 Å². The Morgan fingerprint density at radius 1 is 1.41 bits per heavy atom. The van der Waals surface area contributed by atoms with Gasteiger partial charge in [-0.2, -0.15) is 5.10 Å². The Hall–Kier alpha value is -2.51. The predicted octanol–water partition coefficient (Wildman–Crippen LogP) is 3.81. The number of hydrogen-bond donors (Lipinski definition) is 2. The Morgan fingerprint density at radius 3 is 3.07 bits per heavy atom. The van der Waals surface area contributed by atoms with Gasteiger partial charge >= 0.3 is 0 Å². The molecule has 1 aromatic carbocycles. The highest BCUT2D eigenvalue weighted by Gasteiger charge is 2.27. The topological polar surface area (TPSA) is 70.2 Å². The van der Waals surface area contributed by atoms with Crippen LogP contribution in [-0.2, 0) is 0 Å². The Kier molecular flexibility index (Phi) is 5.05. The minimum absolute atomic E-state index is 0.0553. The molecule has 1 aliphatic heterocycles. The lowest BCUT2D eigenvalue weighted by Gasteiger charge is -2.17. The van der Waals surface area contributed by atoms with Gasteiger partial charge in [0.2, 0.25) is 0 Å². The van der Waals surface area contributed by atoms with Gasteiger partial charge in [0.05, 0.1) is 23.2 Å². The molecule has 1 aliphatic rings. The zero-order valence-corrected chi connectivity index (χ0v) is 16.3. The number of carbonyl (C=O) groups is 1. The minimum Gasteiger partial charge on any atom is -0.496 e. The molecule has 0 saturated carbocycles. The number of aromatic nitrogens is 2. The molecule has 3 heterocycles. The fourth-order valence-electron chi connectivity index (χ4n) is 3.23. The van der Waals surface area contributed by atoms with Crippen LogP contribution < -0.4 is 15.0 Å². The van der Waals surface area contributed by atoms with Gasteiger partial charge in [0, 0.05) is 30.2 Å². The van der Waals surface area contributed by atoms with Crippen molar-refractivity contribution in [3.05, 3.63) is 52.4 Å². The molecule has 0 aliphatic carbocycles. The van der Waals surface area contributed by atoms with E-state index in [2.05, 4.69) is 32.5 Å². The largest absolute Gasteiger partial charge is 0.496 e. The van der Waals surface area contributed by atoms with Crippen LogP contribution in [0.25, 0.3) is 10.6 Å². The molecule has 0 radical (unpaired) electrons. The zero-order chi connectivity index (χ0) is 18.8. The van der Waals surface area contributed by atoms with Crippen LogP contribution in [0.1, 0.15) is 16.8 Å². The molecule has 1 saturated heterocycles. The molecular weight excluding hydrogens is 384 g/mol. The Bertz CT molecular complexity index is 941. The third kappa shape index (κ3) is 3.79. The van der Waals surface area contributed by atoms with E-state index in [1.54, 1.807) is 29.5 Å². The molecule has 140 valence electrons. The number of anilines is 1. The average Bonchev–Trinajstić information content (AvgIpc) is 3.41. The summed E-state index contributed by atoms with van der Waals surface area (Å²) in [6, 6.07) is 11.2. The van der Waals surface area contributed by atoms with Gasteiger partial charge in [0.1, 0.15) is 5.75 Å². The number of nitrogens with zero attached hydrogens (tertiary/aromatic N) is 2. The van der Waals surface area contributed by atoms with E-state index in [0.29, 0.717) is 16.3 Å². The monoisotopic (exact) mass is 402 g/mol. The van der Waals surface area contributed by atoms with Crippen molar-refractivity contribution in [1.82, 2.24) is 15.5 Å². The van der Waals surface area contributed by atoms with E-state index >= 15 is 0 Å². The highest BCUT2D eigenvalue weighted by molar-refractivity contribution is 7.13. The molecule has 2 N–H and O–H groups in total. The van der Waals surface area contributed by atoms with E-state index in [4.69, 9.17) is 16.3 Å². The molecule has 0 unspecified atom stereocenters. The van der Waals surface area contributed by atoms with Crippen molar-refractivity contribution in [3.8, 4) is 16.3 Å². The number of benzene rings is 1. The normalized spacial score (nSPS) is 16.5. The van der Waals surface area contributed by atoms with Crippen LogP contribution >= 0.6 is 22.9 Å². The molecule has 3 aromatic rings. The first kappa shape index (κ1) is 17.9. The lowest BCUT2D eigenvalue weighted by molar-refractivity contribution is 0.0937. The highest BCUT2D eigenvalue weighted by atomic mass is 35.5. The number of methoxy groups -OCH3 is 1. The van der Waals surface area contributed by atoms with Gasteiger partial charge in [-0.25, -0.2) is 0 Å². The van der Waals surface area contributed by atoms with Crippen LogP contribution in [-0.4, -0.2) is 42.3 Å². The van der Waals surface area contributed by atoms with Crippen molar-refractivity contribution in [3.63, 3.8) is 0 Å². The summed E-state index contributed by atoms with van der Waals surface area (Å²) >= 11 is 7.64. The van der Waals surface area contributed by atoms with Crippen LogP contribution in [0.15, 0.2) is 41.8 Å². The molecule has 1 amide bonds. The van der Waals surface area contributed by atoms with Gasteiger partial charge in [0.15, 0.2) is 5.82 Å². The number of H-pyrrole nitrogens is 1. The van der Waals surface area contributed by atoms with Gasteiger partial charge in [0.25, 0.3) is 5.91 Å². The summed E-state index contributed by atoms with van der Waals surface area (Å²) in [5.74, 6) is 1.22. The molecule has 6 nitrogen and oxygen atoms in total. The maximum absolute atomic E-state index is 12.6. The summed E-state index contributed by atoms with van der Waals surface area (Å²) in [7, 11) is 1.53. The Balaban J connectivity index is 1.41. The van der Waals surface area contributed by atoms with E-state index in [-0.39, 0.29) is 11.9 Å². The summed E-state index contributed by atoms with van der Waals surface area (Å²) in [5.41, 5.74) is 1.50. The number of rotatable bonds is 5. The van der Waals surface area contributed by atoms with Crippen molar-refractivity contribution >= 4 is 34.7 Å². The molecule has 8 heteroatoms. The third-order valence-corrected chi connectivity index (χ3v) is 5.74. The summed E-state index contributed by atoms with van der Waals surface area (Å²) in [6.07, 6.45) is 0.864. The summed E-state index contributed by atoms with van der Waals surface area (Å²) in [4.78, 5) is 16.0. The van der Waals surface area contributed by atoms with Crippen molar-refractivity contribution in [2.24, 2.45) is 0 Å². The average molecular weight is 403 g/mol. The second kappa shape index (κ2) is 7.62. The van der Waals surface area contributed by atoms with Crippen molar-refractivity contribution in [1.29, 1.82) is 0 Å². The molecule has 0 spiro atoms. The summed E-state index contributed by atoms with van der Waals surface area (Å²) < 4.78 is 5.27. The van der Waals surface area contributed by atoms with Gasteiger partial charge in [-0.1, -0.05) is 17.7 Å². The van der Waals surface area contributed by atoms with Crippen LogP contribution in [0.3, 0.4) is 0 Å². The van der Waals surface area contributed by atoms with Gasteiger partial charge < -0.3 is 15.0 Å². The highest BCUT2D eigenvalue weighted by Crippen LogP contribution is 2.28. The van der Waals surface area contributed by atoms with Crippen LogP contribution in [0, 0.1) is 0 Å². The van der Waals surface area contributed by atoms with Crippen LogP contribution in [0.2, 0.25) is 5.02 Å². The standard InChI is InChI=1S/C19H19ClN4O2S/c1-26-16-9-12(20)4-5-14(16)19(25)21-13-6-7-24(11-13)18-10-15(22-23-18)17-3-2-8-27-17/h2-5,8-10,13H,6-7,11H2,1H3,(H,21,25)(H,22,23)/t13-/m0/s1. The predicted molar refractivity (Wildman–Crippen MR) is 108 cm³/mol. The molecular formula is C19H19ClN4O2S. The lowest BCUT2D eigenvalue weighted by Crippen LogP contribution is -2.37. The van der Waals surface area contributed by atoms with Crippen molar-refractivity contribution in [2.75, 3.05) is 25.1 Å². The van der Waals surface area contributed by atoms with Gasteiger partial charge in [-0.15, -0.1) is 11.3 Å². The number of amides is 1. The number of hydrogen-bond acceptors (Lipinski definition) is 5. The van der Waals surface area contributed by atoms with Crippen molar-refractivity contribution < 1.29 is 9.53 Å². The Morgan fingerprint density at radius 2 is 2.30 bits per heavy atom. The molecule has 4 rings (SSSR count). The lowest BCUT2D eigenvalue weighted by atomic mass is 10.1. The zero-order valence-electron chi connectivity index (χ0n) is 14.7. The Labute approximate surface area is 166 Å². The number of halogens is 1. The maximum atomic E-state index is 12.6. The molecule has 0 bridgehead atoms. The summed E-state index contributed by atoms with van der Waals surface area (Å²) in [6.45, 7) is 1.56. The summed E-state index contributed by atoms with van der Waals surface area (Å²) in [5, 5.41) is 13.2. The first-order valence-electron chi connectivity index (χ1n) is 8.62.